The third kappa shape index (κ3) is 3.35. The number of methoxy groups -OCH3 is 3. The van der Waals surface area contributed by atoms with Gasteiger partial charge in [-0.3, -0.25) is 9.36 Å². The fraction of sp³-hybridized carbons (Fsp3) is 0.333. The second-order valence-corrected chi connectivity index (χ2v) is 8.79. The molecule has 0 unspecified atom stereocenters. The Morgan fingerprint density at radius 3 is 2.50 bits per heavy atom. The number of aromatic nitrogens is 2. The Bertz CT molecular complexity index is 1310. The van der Waals surface area contributed by atoms with Gasteiger partial charge in [0.2, 0.25) is 5.75 Å². The van der Waals surface area contributed by atoms with Crippen molar-refractivity contribution < 1.29 is 18.6 Å². The molecule has 0 fully saturated rings. The highest BCUT2D eigenvalue weighted by atomic mass is 32.1. The van der Waals surface area contributed by atoms with E-state index < -0.39 is 0 Å². The molecule has 0 atom stereocenters. The Morgan fingerprint density at radius 1 is 1.09 bits per heavy atom. The van der Waals surface area contributed by atoms with E-state index in [1.54, 1.807) is 43.5 Å². The predicted molar refractivity (Wildman–Crippen MR) is 123 cm³/mol. The molecule has 0 saturated heterocycles. The number of ether oxygens (including phenoxy) is 3. The highest BCUT2D eigenvalue weighted by molar-refractivity contribution is 7.18. The summed E-state index contributed by atoms with van der Waals surface area (Å²) in [6.07, 6.45) is 5.80. The van der Waals surface area contributed by atoms with Crippen LogP contribution in [0.25, 0.3) is 21.6 Å². The van der Waals surface area contributed by atoms with E-state index in [0.29, 0.717) is 34.4 Å². The van der Waals surface area contributed by atoms with Crippen LogP contribution in [0.2, 0.25) is 0 Å². The number of fused-ring (bicyclic) bond motifs is 3. The van der Waals surface area contributed by atoms with Gasteiger partial charge >= 0.3 is 0 Å². The van der Waals surface area contributed by atoms with E-state index in [1.807, 2.05) is 24.3 Å². The van der Waals surface area contributed by atoms with E-state index in [9.17, 15) is 4.79 Å². The van der Waals surface area contributed by atoms with E-state index >= 15 is 0 Å². The van der Waals surface area contributed by atoms with Gasteiger partial charge < -0.3 is 18.6 Å². The Morgan fingerprint density at radius 2 is 1.84 bits per heavy atom. The van der Waals surface area contributed by atoms with Crippen LogP contribution in [-0.4, -0.2) is 30.9 Å². The van der Waals surface area contributed by atoms with Gasteiger partial charge in [0, 0.05) is 10.4 Å². The van der Waals surface area contributed by atoms with Gasteiger partial charge in [0.25, 0.3) is 5.56 Å². The first kappa shape index (κ1) is 20.6. The molecular weight excluding hydrogens is 428 g/mol. The monoisotopic (exact) mass is 452 g/mol. The number of rotatable bonds is 6. The van der Waals surface area contributed by atoms with Crippen molar-refractivity contribution in [1.82, 2.24) is 9.55 Å². The standard InChI is InChI=1S/C24H24N2O5S/c1-28-17-11-14(12-18(29-2)21(17)30-3)22-25-23-20(16-8-4-5-9-19(16)32-23)24(27)26(22)13-15-7-6-10-31-15/h6-7,10-12H,4-5,8-9,13H2,1-3H3. The molecule has 0 aliphatic heterocycles. The van der Waals surface area contributed by atoms with Crippen LogP contribution in [0.3, 0.4) is 0 Å². The van der Waals surface area contributed by atoms with Gasteiger partial charge in [-0.15, -0.1) is 11.3 Å². The third-order valence-corrected chi connectivity index (χ3v) is 7.08. The lowest BCUT2D eigenvalue weighted by atomic mass is 9.97. The zero-order valence-electron chi connectivity index (χ0n) is 18.3. The van der Waals surface area contributed by atoms with Crippen LogP contribution < -0.4 is 19.8 Å². The predicted octanol–water partition coefficient (Wildman–Crippen LogP) is 4.67. The van der Waals surface area contributed by atoms with Crippen LogP contribution in [0.1, 0.15) is 29.0 Å². The van der Waals surface area contributed by atoms with Gasteiger partial charge in [0.15, 0.2) is 11.5 Å². The molecule has 0 saturated carbocycles. The second-order valence-electron chi connectivity index (χ2n) is 7.71. The molecule has 1 aliphatic carbocycles. The summed E-state index contributed by atoms with van der Waals surface area (Å²) in [6, 6.07) is 7.32. The molecule has 4 aromatic rings. The molecular formula is C24H24N2O5S. The van der Waals surface area contributed by atoms with Crippen molar-refractivity contribution in [1.29, 1.82) is 0 Å². The Hall–Kier alpha value is -3.26. The van der Waals surface area contributed by atoms with Gasteiger partial charge in [-0.25, -0.2) is 4.98 Å². The maximum Gasteiger partial charge on any atom is 0.263 e. The molecule has 1 aromatic carbocycles. The summed E-state index contributed by atoms with van der Waals surface area (Å²) < 4.78 is 23.8. The van der Waals surface area contributed by atoms with Crippen molar-refractivity contribution in [2.24, 2.45) is 0 Å². The van der Waals surface area contributed by atoms with E-state index in [-0.39, 0.29) is 12.1 Å². The first-order valence-corrected chi connectivity index (χ1v) is 11.3. The maximum atomic E-state index is 13.8. The Kier molecular flexibility index (Phi) is 5.38. The third-order valence-electron chi connectivity index (χ3n) is 5.89. The summed E-state index contributed by atoms with van der Waals surface area (Å²) in [7, 11) is 4.70. The molecule has 8 heteroatoms. The molecule has 3 aromatic heterocycles. The van der Waals surface area contributed by atoms with E-state index in [0.717, 1.165) is 35.9 Å². The molecule has 32 heavy (non-hydrogen) atoms. The Labute approximate surface area is 189 Å². The first-order chi connectivity index (χ1) is 15.6. The molecule has 0 bridgehead atoms. The smallest absolute Gasteiger partial charge is 0.263 e. The molecule has 7 nitrogen and oxygen atoms in total. The SMILES string of the molecule is COc1cc(-c2nc3sc4c(c3c(=O)n2Cc2ccco2)CCCC4)cc(OC)c1OC. The van der Waals surface area contributed by atoms with E-state index in [2.05, 4.69) is 0 Å². The number of benzene rings is 1. The molecule has 0 amide bonds. The van der Waals surface area contributed by atoms with Crippen molar-refractivity contribution in [2.75, 3.05) is 21.3 Å². The number of nitrogens with zero attached hydrogens (tertiary/aromatic N) is 2. The first-order valence-electron chi connectivity index (χ1n) is 10.5. The van der Waals surface area contributed by atoms with Crippen molar-refractivity contribution in [3.8, 4) is 28.6 Å². The Balaban J connectivity index is 1.79. The molecule has 5 rings (SSSR count). The van der Waals surface area contributed by atoms with Crippen LogP contribution in [0.15, 0.2) is 39.7 Å². The van der Waals surface area contributed by atoms with E-state index in [1.165, 1.54) is 10.4 Å². The van der Waals surface area contributed by atoms with Crippen LogP contribution in [0, 0.1) is 0 Å². The molecule has 0 spiro atoms. The highest BCUT2D eigenvalue weighted by Gasteiger charge is 2.24. The second kappa shape index (κ2) is 8.35. The van der Waals surface area contributed by atoms with Crippen molar-refractivity contribution in [3.05, 3.63) is 57.1 Å². The molecule has 1 aliphatic rings. The lowest BCUT2D eigenvalue weighted by Crippen LogP contribution is -2.24. The molecule has 3 heterocycles. The summed E-state index contributed by atoms with van der Waals surface area (Å²) in [4.78, 5) is 20.9. The summed E-state index contributed by atoms with van der Waals surface area (Å²) in [5, 5.41) is 0.743. The van der Waals surface area contributed by atoms with Gasteiger partial charge in [-0.1, -0.05) is 0 Å². The summed E-state index contributed by atoms with van der Waals surface area (Å²) in [6.45, 7) is 0.283. The molecule has 166 valence electrons. The minimum absolute atomic E-state index is 0.0467. The summed E-state index contributed by atoms with van der Waals surface area (Å²) in [5.41, 5.74) is 1.82. The van der Waals surface area contributed by atoms with Gasteiger partial charge in [-0.2, -0.15) is 0 Å². The number of thiophene rings is 1. The van der Waals surface area contributed by atoms with E-state index in [4.69, 9.17) is 23.6 Å². The quantitative estimate of drug-likeness (QED) is 0.423. The number of aryl methyl sites for hydroxylation is 2. The van der Waals surface area contributed by atoms with Gasteiger partial charge in [0.1, 0.15) is 16.4 Å². The lowest BCUT2D eigenvalue weighted by molar-refractivity contribution is 0.324. The van der Waals surface area contributed by atoms with Crippen LogP contribution in [-0.2, 0) is 19.4 Å². The molecule has 0 N–H and O–H groups in total. The molecule has 0 radical (unpaired) electrons. The number of furan rings is 1. The van der Waals surface area contributed by atoms with Crippen molar-refractivity contribution in [2.45, 2.75) is 32.2 Å². The minimum atomic E-state index is -0.0467. The average Bonchev–Trinajstić information content (AvgIpc) is 3.47. The maximum absolute atomic E-state index is 13.8. The number of hydrogen-bond donors (Lipinski definition) is 0. The average molecular weight is 453 g/mol. The minimum Gasteiger partial charge on any atom is -0.493 e. The topological polar surface area (TPSA) is 75.7 Å². The van der Waals surface area contributed by atoms with Gasteiger partial charge in [-0.05, 0) is 55.5 Å². The largest absolute Gasteiger partial charge is 0.493 e. The summed E-state index contributed by atoms with van der Waals surface area (Å²) in [5.74, 6) is 2.73. The van der Waals surface area contributed by atoms with Crippen LogP contribution >= 0.6 is 11.3 Å². The van der Waals surface area contributed by atoms with Crippen molar-refractivity contribution >= 4 is 21.6 Å². The van der Waals surface area contributed by atoms with Crippen LogP contribution in [0.5, 0.6) is 17.2 Å². The lowest BCUT2D eigenvalue weighted by Gasteiger charge is -2.16. The fourth-order valence-electron chi connectivity index (χ4n) is 4.37. The van der Waals surface area contributed by atoms with Crippen LogP contribution in [0.4, 0.5) is 0 Å². The fourth-order valence-corrected chi connectivity index (χ4v) is 5.63. The van der Waals surface area contributed by atoms with Gasteiger partial charge in [0.05, 0.1) is 39.5 Å². The summed E-state index contributed by atoms with van der Waals surface area (Å²) >= 11 is 1.63. The zero-order valence-corrected chi connectivity index (χ0v) is 19.1. The van der Waals surface area contributed by atoms with Crippen molar-refractivity contribution in [3.63, 3.8) is 0 Å². The zero-order chi connectivity index (χ0) is 22.2. The number of hydrogen-bond acceptors (Lipinski definition) is 7. The highest BCUT2D eigenvalue weighted by Crippen LogP contribution is 2.41. The normalized spacial score (nSPS) is 13.2.